The Morgan fingerprint density at radius 3 is 2.80 bits per heavy atom. The Morgan fingerprint density at radius 1 is 1.25 bits per heavy atom. The first-order valence-corrected chi connectivity index (χ1v) is 7.05. The second-order valence-electron chi connectivity index (χ2n) is 4.23. The van der Waals surface area contributed by atoms with Crippen LogP contribution in [0.4, 0.5) is 0 Å². The molecular formula is C14H12O5S. The molecule has 0 saturated heterocycles. The summed E-state index contributed by atoms with van der Waals surface area (Å²) in [4.78, 5) is 10.7. The van der Waals surface area contributed by atoms with Crippen molar-refractivity contribution >= 4 is 17.7 Å². The minimum atomic E-state index is -1.07. The molecule has 104 valence electrons. The zero-order valence-corrected chi connectivity index (χ0v) is 11.3. The molecule has 1 N–H and O–H groups in total. The molecule has 1 atom stereocenters. The van der Waals surface area contributed by atoms with Gasteiger partial charge in [-0.2, -0.15) is 0 Å². The quantitative estimate of drug-likeness (QED) is 0.874. The number of aromatic carboxylic acids is 1. The van der Waals surface area contributed by atoms with E-state index in [1.165, 1.54) is 17.8 Å². The molecule has 2 heterocycles. The van der Waals surface area contributed by atoms with E-state index in [9.17, 15) is 4.79 Å². The summed E-state index contributed by atoms with van der Waals surface area (Å²) in [7, 11) is 0. The zero-order valence-electron chi connectivity index (χ0n) is 10.4. The highest BCUT2D eigenvalue weighted by atomic mass is 32.2. The fourth-order valence-corrected chi connectivity index (χ4v) is 2.66. The fourth-order valence-electron chi connectivity index (χ4n) is 1.83. The van der Waals surface area contributed by atoms with Crippen LogP contribution in [-0.2, 0) is 0 Å². The van der Waals surface area contributed by atoms with Gasteiger partial charge in [0.25, 0.3) is 0 Å². The van der Waals surface area contributed by atoms with Crippen molar-refractivity contribution in [3.63, 3.8) is 0 Å². The summed E-state index contributed by atoms with van der Waals surface area (Å²) in [5.41, 5.74) is 0. The molecule has 0 aliphatic carbocycles. The number of ether oxygens (including phenoxy) is 2. The van der Waals surface area contributed by atoms with Gasteiger partial charge >= 0.3 is 5.97 Å². The van der Waals surface area contributed by atoms with Gasteiger partial charge in [0.2, 0.25) is 5.76 Å². The number of benzene rings is 1. The first-order chi connectivity index (χ1) is 9.72. The Hall–Kier alpha value is -2.08. The first-order valence-electron chi connectivity index (χ1n) is 6.07. The largest absolute Gasteiger partial charge is 0.486 e. The van der Waals surface area contributed by atoms with E-state index in [0.717, 1.165) is 11.5 Å². The van der Waals surface area contributed by atoms with Crippen molar-refractivity contribution in [3.05, 3.63) is 42.2 Å². The summed E-state index contributed by atoms with van der Waals surface area (Å²) in [6.07, 6.45) is -0.0896. The van der Waals surface area contributed by atoms with E-state index < -0.39 is 5.97 Å². The van der Waals surface area contributed by atoms with Crippen LogP contribution in [0.1, 0.15) is 10.6 Å². The Kier molecular flexibility index (Phi) is 3.56. The van der Waals surface area contributed by atoms with E-state index in [1.54, 1.807) is 6.07 Å². The SMILES string of the molecule is O=C(O)c1ccc(SCC2COc3ccccc3O2)o1. The predicted octanol–water partition coefficient (Wildman–Crippen LogP) is 2.91. The normalized spacial score (nSPS) is 16.9. The maximum Gasteiger partial charge on any atom is 0.371 e. The molecule has 3 rings (SSSR count). The van der Waals surface area contributed by atoms with Crippen molar-refractivity contribution in [1.29, 1.82) is 0 Å². The molecular weight excluding hydrogens is 280 g/mol. The minimum absolute atomic E-state index is 0.0568. The lowest BCUT2D eigenvalue weighted by atomic mass is 10.3. The minimum Gasteiger partial charge on any atom is -0.486 e. The molecule has 1 aliphatic rings. The molecule has 0 amide bonds. The number of rotatable bonds is 4. The third-order valence-corrected chi connectivity index (χ3v) is 3.81. The Bertz CT molecular complexity index is 622. The van der Waals surface area contributed by atoms with Gasteiger partial charge in [-0.15, -0.1) is 0 Å². The number of para-hydroxylation sites is 2. The number of carboxylic acids is 1. The Labute approximate surface area is 119 Å². The standard InChI is InChI=1S/C14H12O5S/c15-14(16)12-5-6-13(19-12)20-8-9-7-17-10-3-1-2-4-11(10)18-9/h1-6,9H,7-8H2,(H,15,16). The van der Waals surface area contributed by atoms with Gasteiger partial charge in [0, 0.05) is 5.75 Å². The van der Waals surface area contributed by atoms with E-state index in [1.807, 2.05) is 24.3 Å². The van der Waals surface area contributed by atoms with Crippen molar-refractivity contribution in [2.24, 2.45) is 0 Å². The van der Waals surface area contributed by atoms with E-state index >= 15 is 0 Å². The first kappa shape index (κ1) is 12.9. The fraction of sp³-hybridized carbons (Fsp3) is 0.214. The van der Waals surface area contributed by atoms with Gasteiger partial charge in [-0.25, -0.2) is 4.79 Å². The Morgan fingerprint density at radius 2 is 2.05 bits per heavy atom. The summed E-state index contributed by atoms with van der Waals surface area (Å²) in [5, 5.41) is 9.34. The maximum atomic E-state index is 10.7. The molecule has 6 heteroatoms. The van der Waals surface area contributed by atoms with Crippen LogP contribution in [-0.4, -0.2) is 29.5 Å². The van der Waals surface area contributed by atoms with Gasteiger partial charge in [-0.05, 0) is 24.3 Å². The van der Waals surface area contributed by atoms with Crippen LogP contribution in [0.5, 0.6) is 11.5 Å². The molecule has 2 aromatic rings. The molecule has 20 heavy (non-hydrogen) atoms. The van der Waals surface area contributed by atoms with Crippen LogP contribution < -0.4 is 9.47 Å². The van der Waals surface area contributed by atoms with Gasteiger partial charge in [0.15, 0.2) is 16.6 Å². The smallest absolute Gasteiger partial charge is 0.371 e. The molecule has 0 fully saturated rings. The van der Waals surface area contributed by atoms with Gasteiger partial charge < -0.3 is 19.0 Å². The second-order valence-corrected chi connectivity index (χ2v) is 5.26. The Balaban J connectivity index is 1.58. The van der Waals surface area contributed by atoms with Gasteiger partial charge in [-0.3, -0.25) is 0 Å². The average Bonchev–Trinajstić information content (AvgIpc) is 2.94. The third-order valence-electron chi connectivity index (χ3n) is 2.77. The third kappa shape index (κ3) is 2.75. The molecule has 0 bridgehead atoms. The van der Waals surface area contributed by atoms with Crippen LogP contribution in [0.15, 0.2) is 45.9 Å². The predicted molar refractivity (Wildman–Crippen MR) is 72.7 cm³/mol. The summed E-state index contributed by atoms with van der Waals surface area (Å²) >= 11 is 1.40. The number of carboxylic acid groups (broad SMARTS) is 1. The van der Waals surface area contributed by atoms with Crippen LogP contribution in [0.25, 0.3) is 0 Å². The van der Waals surface area contributed by atoms with Crippen LogP contribution in [0.2, 0.25) is 0 Å². The van der Waals surface area contributed by atoms with Crippen molar-refractivity contribution in [1.82, 2.24) is 0 Å². The van der Waals surface area contributed by atoms with Crippen molar-refractivity contribution in [2.75, 3.05) is 12.4 Å². The van der Waals surface area contributed by atoms with Gasteiger partial charge in [-0.1, -0.05) is 23.9 Å². The summed E-state index contributed by atoms with van der Waals surface area (Å²) in [6.45, 7) is 0.469. The van der Waals surface area contributed by atoms with E-state index in [2.05, 4.69) is 0 Å². The number of hydrogen-bond donors (Lipinski definition) is 1. The highest BCUT2D eigenvalue weighted by Crippen LogP contribution is 2.32. The average molecular weight is 292 g/mol. The molecule has 0 radical (unpaired) electrons. The number of furan rings is 1. The van der Waals surface area contributed by atoms with Crippen LogP contribution in [0.3, 0.4) is 0 Å². The lowest BCUT2D eigenvalue weighted by Gasteiger charge is -2.25. The molecule has 1 aliphatic heterocycles. The molecule has 1 unspecified atom stereocenters. The molecule has 1 aromatic carbocycles. The number of thioether (sulfide) groups is 1. The second kappa shape index (κ2) is 5.50. The molecule has 5 nitrogen and oxygen atoms in total. The summed E-state index contributed by atoms with van der Waals surface area (Å²) in [5.74, 6) is 0.984. The maximum absolute atomic E-state index is 10.7. The summed E-state index contributed by atoms with van der Waals surface area (Å²) < 4.78 is 16.6. The van der Waals surface area contributed by atoms with Crippen LogP contribution >= 0.6 is 11.8 Å². The van der Waals surface area contributed by atoms with Crippen molar-refractivity contribution < 1.29 is 23.8 Å². The number of carbonyl (C=O) groups is 1. The van der Waals surface area contributed by atoms with Crippen LogP contribution in [0, 0.1) is 0 Å². The zero-order chi connectivity index (χ0) is 13.9. The number of hydrogen-bond acceptors (Lipinski definition) is 5. The highest BCUT2D eigenvalue weighted by molar-refractivity contribution is 7.99. The van der Waals surface area contributed by atoms with Gasteiger partial charge in [0.05, 0.1) is 0 Å². The number of fused-ring (bicyclic) bond motifs is 1. The lowest BCUT2D eigenvalue weighted by molar-refractivity contribution is 0.0656. The topological polar surface area (TPSA) is 68.9 Å². The lowest BCUT2D eigenvalue weighted by Crippen LogP contribution is -2.31. The van der Waals surface area contributed by atoms with E-state index in [4.69, 9.17) is 19.0 Å². The molecule has 0 spiro atoms. The molecule has 1 aromatic heterocycles. The highest BCUT2D eigenvalue weighted by Gasteiger charge is 2.21. The van der Waals surface area contributed by atoms with Crippen molar-refractivity contribution in [2.45, 2.75) is 11.2 Å². The van der Waals surface area contributed by atoms with E-state index in [0.29, 0.717) is 17.5 Å². The van der Waals surface area contributed by atoms with Crippen molar-refractivity contribution in [3.8, 4) is 11.5 Å². The van der Waals surface area contributed by atoms with E-state index in [-0.39, 0.29) is 11.9 Å². The monoisotopic (exact) mass is 292 g/mol. The van der Waals surface area contributed by atoms with Gasteiger partial charge in [0.1, 0.15) is 12.7 Å². The summed E-state index contributed by atoms with van der Waals surface area (Å²) in [6, 6.07) is 10.6. The molecule has 0 saturated carbocycles.